The van der Waals surface area contributed by atoms with E-state index in [-0.39, 0.29) is 12.0 Å². The Morgan fingerprint density at radius 2 is 2.54 bits per heavy atom. The Hall–Kier alpha value is -0.340. The maximum absolute atomic E-state index is 9.27. The minimum absolute atomic E-state index is 0.231. The number of morpholine rings is 1. The van der Waals surface area contributed by atoms with Gasteiger partial charge < -0.3 is 9.84 Å². The molecule has 0 spiro atoms. The molecule has 0 aliphatic carbocycles. The maximum Gasteiger partial charge on any atom is 0.156 e. The molecule has 74 valence electrons. The molecule has 0 bridgehead atoms. The van der Waals surface area contributed by atoms with Crippen molar-refractivity contribution in [1.82, 2.24) is 4.90 Å². The molecule has 0 aromatic heterocycles. The molecule has 0 aromatic carbocycles. The number of β-amino-alcohol motifs (C(OH)–C–C–N with tert-alkyl or cyclic N) is 1. The molecule has 1 rings (SSSR count). The van der Waals surface area contributed by atoms with Gasteiger partial charge in [-0.1, -0.05) is 0 Å². The maximum atomic E-state index is 9.27. The van der Waals surface area contributed by atoms with E-state index < -0.39 is 6.10 Å². The first-order valence-electron chi connectivity index (χ1n) is 4.24. The van der Waals surface area contributed by atoms with Gasteiger partial charge in [0.05, 0.1) is 18.8 Å². The van der Waals surface area contributed by atoms with Crippen molar-refractivity contribution < 1.29 is 9.84 Å². The van der Waals surface area contributed by atoms with Gasteiger partial charge in [-0.25, -0.2) is 0 Å². The summed E-state index contributed by atoms with van der Waals surface area (Å²) in [6, 6.07) is 2.05. The van der Waals surface area contributed by atoms with Crippen molar-refractivity contribution in [2.24, 2.45) is 0 Å². The number of aliphatic hydroxyl groups excluding tert-OH is 1. The minimum Gasteiger partial charge on any atom is -0.391 e. The predicted octanol–water partition coefficient (Wildman–Crippen LogP) is -0.190. The van der Waals surface area contributed by atoms with Crippen molar-refractivity contribution in [3.05, 3.63) is 0 Å². The Morgan fingerprint density at radius 3 is 3.15 bits per heavy atom. The zero-order valence-electron chi connectivity index (χ0n) is 7.32. The third kappa shape index (κ3) is 3.49. The van der Waals surface area contributed by atoms with E-state index in [1.54, 1.807) is 0 Å². The van der Waals surface area contributed by atoms with Crippen molar-refractivity contribution >= 4 is 11.6 Å². The van der Waals surface area contributed by atoms with E-state index in [1.807, 2.05) is 11.0 Å². The Kier molecular flexibility index (Phi) is 4.46. The molecule has 1 saturated heterocycles. The number of nitriles is 1. The molecular weight excluding hydrogens is 192 g/mol. The quantitative estimate of drug-likeness (QED) is 0.648. The second-order valence-electron chi connectivity index (χ2n) is 3.06. The average molecular weight is 205 g/mol. The SMILES string of the molecule is N#CC1CN(CC(O)CCl)CCO1. The molecule has 1 aliphatic rings. The number of aliphatic hydroxyl groups is 1. The molecule has 1 N–H and O–H groups in total. The molecule has 1 aliphatic heterocycles. The van der Waals surface area contributed by atoms with Gasteiger partial charge in [0.1, 0.15) is 0 Å². The summed E-state index contributed by atoms with van der Waals surface area (Å²) in [7, 11) is 0. The van der Waals surface area contributed by atoms with Gasteiger partial charge in [-0.2, -0.15) is 5.26 Å². The van der Waals surface area contributed by atoms with Gasteiger partial charge in [0.15, 0.2) is 6.10 Å². The van der Waals surface area contributed by atoms with Crippen LogP contribution in [0.3, 0.4) is 0 Å². The number of ether oxygens (including phenoxy) is 1. The molecule has 1 heterocycles. The zero-order valence-corrected chi connectivity index (χ0v) is 8.07. The third-order valence-electron chi connectivity index (χ3n) is 1.94. The highest BCUT2D eigenvalue weighted by Crippen LogP contribution is 2.05. The largest absolute Gasteiger partial charge is 0.391 e. The van der Waals surface area contributed by atoms with E-state index in [4.69, 9.17) is 21.6 Å². The van der Waals surface area contributed by atoms with E-state index in [0.717, 1.165) is 6.54 Å². The zero-order chi connectivity index (χ0) is 9.68. The second kappa shape index (κ2) is 5.40. The van der Waals surface area contributed by atoms with E-state index in [9.17, 15) is 5.11 Å². The first-order valence-corrected chi connectivity index (χ1v) is 4.77. The molecule has 13 heavy (non-hydrogen) atoms. The summed E-state index contributed by atoms with van der Waals surface area (Å²) in [6.45, 7) is 2.38. The molecular formula is C8H13ClN2O2. The summed E-state index contributed by atoms with van der Waals surface area (Å²) >= 11 is 5.47. The van der Waals surface area contributed by atoms with Crippen molar-refractivity contribution in [2.75, 3.05) is 32.1 Å². The van der Waals surface area contributed by atoms with Crippen LogP contribution in [0.5, 0.6) is 0 Å². The van der Waals surface area contributed by atoms with Crippen molar-refractivity contribution in [2.45, 2.75) is 12.2 Å². The summed E-state index contributed by atoms with van der Waals surface area (Å²) in [5, 5.41) is 17.9. The van der Waals surface area contributed by atoms with Crippen LogP contribution in [0.2, 0.25) is 0 Å². The van der Waals surface area contributed by atoms with Gasteiger partial charge in [-0.15, -0.1) is 11.6 Å². The number of alkyl halides is 1. The van der Waals surface area contributed by atoms with Crippen molar-refractivity contribution in [3.63, 3.8) is 0 Å². The fraction of sp³-hybridized carbons (Fsp3) is 0.875. The number of halogens is 1. The fourth-order valence-electron chi connectivity index (χ4n) is 1.29. The van der Waals surface area contributed by atoms with Crippen LogP contribution in [0.25, 0.3) is 0 Å². The van der Waals surface area contributed by atoms with Crippen LogP contribution in [0.1, 0.15) is 0 Å². The molecule has 0 saturated carbocycles. The number of hydrogen-bond acceptors (Lipinski definition) is 4. The summed E-state index contributed by atoms with van der Waals surface area (Å²) in [5.41, 5.74) is 0. The molecule has 2 atom stereocenters. The Morgan fingerprint density at radius 1 is 1.77 bits per heavy atom. The van der Waals surface area contributed by atoms with Crippen molar-refractivity contribution in [1.29, 1.82) is 5.26 Å². The summed E-state index contributed by atoms with van der Waals surface area (Å²) in [4.78, 5) is 1.99. The van der Waals surface area contributed by atoms with E-state index >= 15 is 0 Å². The molecule has 0 radical (unpaired) electrons. The topological polar surface area (TPSA) is 56.5 Å². The Bertz CT molecular complexity index is 195. The highest BCUT2D eigenvalue weighted by atomic mass is 35.5. The van der Waals surface area contributed by atoms with Crippen LogP contribution in [0, 0.1) is 11.3 Å². The second-order valence-corrected chi connectivity index (χ2v) is 3.36. The summed E-state index contributed by atoms with van der Waals surface area (Å²) in [5.74, 6) is 0.231. The van der Waals surface area contributed by atoms with Gasteiger partial charge in [-0.3, -0.25) is 4.90 Å². The standard InChI is InChI=1S/C8H13ClN2O2/c9-3-7(12)5-11-1-2-13-8(4-10)6-11/h7-8,12H,1-3,5-6H2. The van der Waals surface area contributed by atoms with Crippen molar-refractivity contribution in [3.8, 4) is 6.07 Å². The molecule has 0 aromatic rings. The van der Waals surface area contributed by atoms with E-state index in [2.05, 4.69) is 0 Å². The lowest BCUT2D eigenvalue weighted by molar-refractivity contribution is -0.0129. The highest BCUT2D eigenvalue weighted by molar-refractivity contribution is 6.18. The van der Waals surface area contributed by atoms with Gasteiger partial charge in [0, 0.05) is 25.5 Å². The first-order chi connectivity index (χ1) is 6.26. The minimum atomic E-state index is -0.515. The first kappa shape index (κ1) is 10.7. The fourth-order valence-corrected chi connectivity index (χ4v) is 1.39. The monoisotopic (exact) mass is 204 g/mol. The third-order valence-corrected chi connectivity index (χ3v) is 2.30. The average Bonchev–Trinajstić information content (AvgIpc) is 2.18. The lowest BCUT2D eigenvalue weighted by Gasteiger charge is -2.30. The summed E-state index contributed by atoms with van der Waals surface area (Å²) < 4.78 is 5.16. The lowest BCUT2D eigenvalue weighted by atomic mass is 10.2. The van der Waals surface area contributed by atoms with Crippen LogP contribution in [-0.4, -0.2) is 54.3 Å². The smallest absolute Gasteiger partial charge is 0.156 e. The van der Waals surface area contributed by atoms with Crippen LogP contribution in [0.15, 0.2) is 0 Å². The van der Waals surface area contributed by atoms with Crippen LogP contribution in [-0.2, 0) is 4.74 Å². The molecule has 4 nitrogen and oxygen atoms in total. The molecule has 0 amide bonds. The van der Waals surface area contributed by atoms with E-state index in [0.29, 0.717) is 19.7 Å². The molecule has 5 heteroatoms. The highest BCUT2D eigenvalue weighted by Gasteiger charge is 2.21. The lowest BCUT2D eigenvalue weighted by Crippen LogP contribution is -2.45. The van der Waals surface area contributed by atoms with Gasteiger partial charge in [-0.05, 0) is 0 Å². The van der Waals surface area contributed by atoms with Gasteiger partial charge >= 0.3 is 0 Å². The predicted molar refractivity (Wildman–Crippen MR) is 48.5 cm³/mol. The molecule has 1 fully saturated rings. The van der Waals surface area contributed by atoms with Crippen LogP contribution in [0.4, 0.5) is 0 Å². The van der Waals surface area contributed by atoms with Gasteiger partial charge in [0.2, 0.25) is 0 Å². The number of hydrogen-bond donors (Lipinski definition) is 1. The van der Waals surface area contributed by atoms with Crippen LogP contribution < -0.4 is 0 Å². The molecule has 2 unspecified atom stereocenters. The van der Waals surface area contributed by atoms with Gasteiger partial charge in [0.25, 0.3) is 0 Å². The van der Waals surface area contributed by atoms with Crippen LogP contribution >= 0.6 is 11.6 Å². The number of rotatable bonds is 3. The number of nitrogens with zero attached hydrogens (tertiary/aromatic N) is 2. The normalized spacial score (nSPS) is 26.7. The van der Waals surface area contributed by atoms with E-state index in [1.165, 1.54) is 0 Å². The Balaban J connectivity index is 2.30. The Labute approximate surface area is 82.7 Å². The summed E-state index contributed by atoms with van der Waals surface area (Å²) in [6.07, 6.45) is -0.879.